The van der Waals surface area contributed by atoms with Crippen molar-refractivity contribution in [2.24, 2.45) is 0 Å². The molecule has 0 aliphatic carbocycles. The minimum atomic E-state index is -0.0875. The Balaban J connectivity index is 1.74. The maximum atomic E-state index is 13.2. The predicted octanol–water partition coefficient (Wildman–Crippen LogP) is 2.12. The fourth-order valence-corrected chi connectivity index (χ4v) is 3.46. The van der Waals surface area contributed by atoms with Gasteiger partial charge >= 0.3 is 0 Å². The number of rotatable bonds is 6. The van der Waals surface area contributed by atoms with Crippen LogP contribution in [-0.4, -0.2) is 82.4 Å². The summed E-state index contributed by atoms with van der Waals surface area (Å²) in [5, 5.41) is 4.63. The third-order valence-corrected chi connectivity index (χ3v) is 5.20. The lowest BCUT2D eigenvalue weighted by molar-refractivity contribution is 0.0657. The van der Waals surface area contributed by atoms with Crippen molar-refractivity contribution in [2.75, 3.05) is 46.9 Å². The molecule has 3 aromatic heterocycles. The molecule has 9 nitrogen and oxygen atoms in total. The summed E-state index contributed by atoms with van der Waals surface area (Å²) >= 11 is 0. The first-order valence-electron chi connectivity index (χ1n) is 10.3. The van der Waals surface area contributed by atoms with E-state index in [-0.39, 0.29) is 5.91 Å². The zero-order valence-electron chi connectivity index (χ0n) is 18.0. The van der Waals surface area contributed by atoms with E-state index < -0.39 is 0 Å². The Bertz CT molecular complexity index is 1040. The van der Waals surface area contributed by atoms with Gasteiger partial charge < -0.3 is 19.3 Å². The Morgan fingerprint density at radius 2 is 1.90 bits per heavy atom. The first-order valence-corrected chi connectivity index (χ1v) is 10.3. The highest BCUT2D eigenvalue weighted by atomic mass is 16.5. The van der Waals surface area contributed by atoms with Crippen LogP contribution in [0.4, 0.5) is 0 Å². The molecular formula is C22H26N6O3. The second-order valence-corrected chi connectivity index (χ2v) is 7.29. The lowest BCUT2D eigenvalue weighted by Crippen LogP contribution is -2.47. The molecule has 1 fully saturated rings. The van der Waals surface area contributed by atoms with Crippen LogP contribution in [0.5, 0.6) is 11.6 Å². The Morgan fingerprint density at radius 1 is 1.10 bits per heavy atom. The van der Waals surface area contributed by atoms with Gasteiger partial charge in [0.1, 0.15) is 5.75 Å². The van der Waals surface area contributed by atoms with Crippen LogP contribution >= 0.6 is 0 Å². The fraction of sp³-hybridized carbons (Fsp3) is 0.364. The summed E-state index contributed by atoms with van der Waals surface area (Å²) in [7, 11) is 3.62. The standard InChI is InChI=1S/C22H26N6O3/c1-4-31-17-7-8-23-18(13-17)20-14-19(22(29)27-11-9-26(2)10-12-27)25-28(20)16-5-6-21(30-3)24-15-16/h5-8,13-15H,4,9-12H2,1-3H3. The monoisotopic (exact) mass is 422 g/mol. The van der Waals surface area contributed by atoms with E-state index >= 15 is 0 Å². The van der Waals surface area contributed by atoms with Crippen LogP contribution in [0.3, 0.4) is 0 Å². The van der Waals surface area contributed by atoms with Crippen molar-refractivity contribution in [1.29, 1.82) is 0 Å². The van der Waals surface area contributed by atoms with Gasteiger partial charge in [0.15, 0.2) is 5.69 Å². The number of carbonyl (C=O) groups is 1. The molecule has 4 heterocycles. The Hall–Kier alpha value is -3.46. The molecule has 0 N–H and O–H groups in total. The van der Waals surface area contributed by atoms with Gasteiger partial charge in [-0.25, -0.2) is 9.67 Å². The van der Waals surface area contributed by atoms with Gasteiger partial charge in [-0.05, 0) is 32.2 Å². The summed E-state index contributed by atoms with van der Waals surface area (Å²) in [6, 6.07) is 9.03. The summed E-state index contributed by atoms with van der Waals surface area (Å²) in [5.74, 6) is 1.12. The number of hydrogen-bond acceptors (Lipinski definition) is 7. The number of hydrogen-bond donors (Lipinski definition) is 0. The van der Waals surface area contributed by atoms with Crippen molar-refractivity contribution in [3.63, 3.8) is 0 Å². The van der Waals surface area contributed by atoms with Crippen molar-refractivity contribution in [1.82, 2.24) is 29.5 Å². The second kappa shape index (κ2) is 9.13. The molecule has 0 spiro atoms. The maximum absolute atomic E-state index is 13.2. The van der Waals surface area contributed by atoms with Crippen molar-refractivity contribution >= 4 is 5.91 Å². The normalized spacial score (nSPS) is 14.5. The number of amides is 1. The number of ether oxygens (including phenoxy) is 2. The zero-order valence-corrected chi connectivity index (χ0v) is 18.0. The van der Waals surface area contributed by atoms with E-state index in [9.17, 15) is 4.79 Å². The molecule has 0 bridgehead atoms. The Kier molecular flexibility index (Phi) is 6.13. The average molecular weight is 422 g/mol. The van der Waals surface area contributed by atoms with E-state index in [2.05, 4.69) is 27.0 Å². The van der Waals surface area contributed by atoms with E-state index in [4.69, 9.17) is 9.47 Å². The van der Waals surface area contributed by atoms with Crippen molar-refractivity contribution in [3.05, 3.63) is 48.4 Å². The summed E-state index contributed by atoms with van der Waals surface area (Å²) in [5.41, 5.74) is 2.42. The van der Waals surface area contributed by atoms with Gasteiger partial charge in [0.25, 0.3) is 5.91 Å². The molecule has 1 amide bonds. The van der Waals surface area contributed by atoms with Gasteiger partial charge in [-0.3, -0.25) is 9.78 Å². The molecular weight excluding hydrogens is 396 g/mol. The molecule has 162 valence electrons. The van der Waals surface area contributed by atoms with Crippen LogP contribution in [0.15, 0.2) is 42.7 Å². The number of carbonyl (C=O) groups excluding carboxylic acids is 1. The highest BCUT2D eigenvalue weighted by Gasteiger charge is 2.25. The fourth-order valence-electron chi connectivity index (χ4n) is 3.46. The van der Waals surface area contributed by atoms with E-state index in [0.717, 1.165) is 13.1 Å². The van der Waals surface area contributed by atoms with Gasteiger partial charge in [0.05, 0.1) is 37.0 Å². The molecule has 0 atom stereocenters. The topological polar surface area (TPSA) is 85.6 Å². The number of nitrogens with zero attached hydrogens (tertiary/aromatic N) is 6. The largest absolute Gasteiger partial charge is 0.494 e. The highest BCUT2D eigenvalue weighted by molar-refractivity contribution is 5.93. The van der Waals surface area contributed by atoms with Gasteiger partial charge in [0, 0.05) is 44.5 Å². The zero-order chi connectivity index (χ0) is 21.8. The molecule has 1 saturated heterocycles. The number of piperazine rings is 1. The molecule has 1 aliphatic heterocycles. The molecule has 0 saturated carbocycles. The van der Waals surface area contributed by atoms with Crippen LogP contribution in [0, 0.1) is 0 Å². The third-order valence-electron chi connectivity index (χ3n) is 5.20. The Morgan fingerprint density at radius 3 is 2.58 bits per heavy atom. The number of pyridine rings is 2. The van der Waals surface area contributed by atoms with Gasteiger partial charge in [-0.2, -0.15) is 5.10 Å². The van der Waals surface area contributed by atoms with Gasteiger partial charge in [-0.1, -0.05) is 0 Å². The van der Waals surface area contributed by atoms with Crippen molar-refractivity contribution in [2.45, 2.75) is 6.92 Å². The van der Waals surface area contributed by atoms with Crippen LogP contribution in [0.1, 0.15) is 17.4 Å². The second-order valence-electron chi connectivity index (χ2n) is 7.29. The molecule has 31 heavy (non-hydrogen) atoms. The molecule has 0 unspecified atom stereocenters. The third kappa shape index (κ3) is 4.51. The van der Waals surface area contributed by atoms with Gasteiger partial charge in [0.2, 0.25) is 5.88 Å². The van der Waals surface area contributed by atoms with E-state index in [0.29, 0.717) is 54.1 Å². The summed E-state index contributed by atoms with van der Waals surface area (Å²) in [6.45, 7) is 5.54. The maximum Gasteiger partial charge on any atom is 0.274 e. The molecule has 4 rings (SSSR count). The summed E-state index contributed by atoms with van der Waals surface area (Å²) in [4.78, 5) is 26.0. The molecule has 9 heteroatoms. The summed E-state index contributed by atoms with van der Waals surface area (Å²) in [6.07, 6.45) is 3.34. The molecule has 3 aromatic rings. The molecule has 0 aromatic carbocycles. The summed E-state index contributed by atoms with van der Waals surface area (Å²) < 4.78 is 12.5. The predicted molar refractivity (Wildman–Crippen MR) is 116 cm³/mol. The molecule has 0 radical (unpaired) electrons. The Labute approximate surface area is 181 Å². The van der Waals surface area contributed by atoms with Crippen LogP contribution in [0.25, 0.3) is 17.1 Å². The first kappa shape index (κ1) is 20.8. The first-order chi connectivity index (χ1) is 15.1. The smallest absolute Gasteiger partial charge is 0.274 e. The molecule has 1 aliphatic rings. The number of likely N-dealkylation sites (N-methyl/N-ethyl adjacent to an activating group) is 1. The van der Waals surface area contributed by atoms with Crippen LogP contribution in [0.2, 0.25) is 0 Å². The highest BCUT2D eigenvalue weighted by Crippen LogP contribution is 2.26. The SMILES string of the molecule is CCOc1ccnc(-c2cc(C(=O)N3CCN(C)CC3)nn2-c2ccc(OC)nc2)c1. The van der Waals surface area contributed by atoms with Crippen molar-refractivity contribution < 1.29 is 14.3 Å². The minimum Gasteiger partial charge on any atom is -0.494 e. The minimum absolute atomic E-state index is 0.0875. The quantitative estimate of drug-likeness (QED) is 0.601. The number of aromatic nitrogens is 4. The van der Waals surface area contributed by atoms with Crippen molar-refractivity contribution in [3.8, 4) is 28.7 Å². The lowest BCUT2D eigenvalue weighted by Gasteiger charge is -2.31. The van der Waals surface area contributed by atoms with E-state index in [1.54, 1.807) is 42.4 Å². The van der Waals surface area contributed by atoms with Crippen LogP contribution in [-0.2, 0) is 0 Å². The van der Waals surface area contributed by atoms with E-state index in [1.807, 2.05) is 24.0 Å². The lowest BCUT2D eigenvalue weighted by atomic mass is 10.2. The van der Waals surface area contributed by atoms with Gasteiger partial charge in [-0.15, -0.1) is 0 Å². The van der Waals surface area contributed by atoms with Crippen LogP contribution < -0.4 is 9.47 Å². The van der Waals surface area contributed by atoms with E-state index in [1.165, 1.54) is 0 Å². The number of methoxy groups -OCH3 is 1. The average Bonchev–Trinajstić information content (AvgIpc) is 3.25.